The van der Waals surface area contributed by atoms with Crippen molar-refractivity contribution in [2.24, 2.45) is 21.5 Å². The monoisotopic (exact) mass is 396 g/mol. The van der Waals surface area contributed by atoms with Gasteiger partial charge in [0.1, 0.15) is 5.66 Å². The van der Waals surface area contributed by atoms with Gasteiger partial charge in [0.05, 0.1) is 11.4 Å². The quantitative estimate of drug-likeness (QED) is 0.800. The van der Waals surface area contributed by atoms with Crippen LogP contribution in [0.25, 0.3) is 11.0 Å². The molecule has 29 heavy (non-hydrogen) atoms. The number of hydrogen-bond donors (Lipinski definition) is 2. The summed E-state index contributed by atoms with van der Waals surface area (Å²) in [7, 11) is 0. The minimum atomic E-state index is -0.510. The maximum atomic E-state index is 6.39. The van der Waals surface area contributed by atoms with E-state index in [4.69, 9.17) is 21.1 Å². The van der Waals surface area contributed by atoms with Gasteiger partial charge < -0.3 is 16.4 Å². The molecule has 0 atom stereocenters. The molecule has 5 rings (SSSR count). The third-order valence-corrected chi connectivity index (χ3v) is 6.41. The van der Waals surface area contributed by atoms with E-state index in [9.17, 15) is 0 Å². The fraction of sp³-hybridized carbons (Fsp3) is 0.600. The van der Waals surface area contributed by atoms with E-state index in [0.717, 1.165) is 55.7 Å². The molecular formula is C20H28N8O. The number of hydrogen-bond acceptors (Lipinski definition) is 9. The Morgan fingerprint density at radius 3 is 2.17 bits per heavy atom. The van der Waals surface area contributed by atoms with E-state index in [1.807, 2.05) is 4.90 Å². The summed E-state index contributed by atoms with van der Waals surface area (Å²) in [5.41, 5.74) is 15.3. The van der Waals surface area contributed by atoms with Gasteiger partial charge in [-0.3, -0.25) is 4.90 Å². The zero-order valence-electron chi connectivity index (χ0n) is 16.7. The van der Waals surface area contributed by atoms with Crippen molar-refractivity contribution in [1.82, 2.24) is 10.3 Å². The topological polar surface area (TPSA) is 122 Å². The first-order valence-corrected chi connectivity index (χ1v) is 10.7. The summed E-state index contributed by atoms with van der Waals surface area (Å²) in [6.45, 7) is 2.05. The number of anilines is 2. The number of rotatable bonds is 2. The predicted molar refractivity (Wildman–Crippen MR) is 114 cm³/mol. The first-order chi connectivity index (χ1) is 14.2. The number of nitrogens with zero attached hydrogens (tertiary/aromatic N) is 6. The summed E-state index contributed by atoms with van der Waals surface area (Å²) in [5, 5.41) is 8.52. The van der Waals surface area contributed by atoms with Crippen LogP contribution in [0.15, 0.2) is 26.7 Å². The Morgan fingerprint density at radius 1 is 0.828 bits per heavy atom. The molecule has 2 fully saturated rings. The molecule has 1 aliphatic carbocycles. The molecular weight excluding hydrogens is 368 g/mol. The molecule has 1 spiro atoms. The normalized spacial score (nSPS) is 22.5. The van der Waals surface area contributed by atoms with Crippen LogP contribution in [0, 0.1) is 0 Å². The van der Waals surface area contributed by atoms with E-state index in [2.05, 4.69) is 32.3 Å². The average Bonchev–Trinajstić information content (AvgIpc) is 3.04. The van der Waals surface area contributed by atoms with Crippen LogP contribution in [0.5, 0.6) is 0 Å². The van der Waals surface area contributed by atoms with Crippen LogP contribution >= 0.6 is 0 Å². The van der Waals surface area contributed by atoms with Crippen molar-refractivity contribution in [3.63, 3.8) is 0 Å². The molecule has 1 aromatic heterocycles. The Bertz CT molecular complexity index is 951. The Labute approximate surface area is 169 Å². The van der Waals surface area contributed by atoms with Crippen molar-refractivity contribution in [1.29, 1.82) is 0 Å². The second-order valence-corrected chi connectivity index (χ2v) is 8.29. The van der Waals surface area contributed by atoms with Crippen molar-refractivity contribution in [2.75, 3.05) is 22.9 Å². The van der Waals surface area contributed by atoms with E-state index < -0.39 is 5.66 Å². The van der Waals surface area contributed by atoms with E-state index in [-0.39, 0.29) is 5.96 Å². The molecule has 0 radical (unpaired) electrons. The number of aromatic nitrogens is 2. The Balaban J connectivity index is 1.60. The second-order valence-electron chi connectivity index (χ2n) is 8.29. The van der Waals surface area contributed by atoms with Crippen molar-refractivity contribution in [3.05, 3.63) is 12.1 Å². The van der Waals surface area contributed by atoms with Crippen LogP contribution in [0.2, 0.25) is 0 Å². The molecule has 1 saturated heterocycles. The van der Waals surface area contributed by atoms with Gasteiger partial charge in [-0.2, -0.15) is 4.99 Å². The molecule has 3 aliphatic rings. The highest BCUT2D eigenvalue weighted by atomic mass is 16.6. The summed E-state index contributed by atoms with van der Waals surface area (Å²) in [6, 6.07) is 4.17. The van der Waals surface area contributed by atoms with Crippen molar-refractivity contribution in [3.8, 4) is 0 Å². The molecule has 9 heteroatoms. The number of guanidine groups is 2. The lowest BCUT2D eigenvalue weighted by Gasteiger charge is -2.45. The maximum Gasteiger partial charge on any atom is 0.220 e. The van der Waals surface area contributed by atoms with Crippen molar-refractivity contribution in [2.45, 2.75) is 63.5 Å². The molecule has 0 amide bonds. The molecule has 9 nitrogen and oxygen atoms in total. The van der Waals surface area contributed by atoms with Gasteiger partial charge in [-0.1, -0.05) is 19.3 Å². The van der Waals surface area contributed by atoms with Gasteiger partial charge in [0, 0.05) is 13.1 Å². The van der Waals surface area contributed by atoms with Gasteiger partial charge in [0.15, 0.2) is 11.0 Å². The summed E-state index contributed by atoms with van der Waals surface area (Å²) in [5.74, 6) is 0.600. The van der Waals surface area contributed by atoms with Crippen LogP contribution in [0.3, 0.4) is 0 Å². The average molecular weight is 396 g/mol. The third kappa shape index (κ3) is 3.08. The van der Waals surface area contributed by atoms with Gasteiger partial charge in [0.2, 0.25) is 11.9 Å². The van der Waals surface area contributed by atoms with E-state index >= 15 is 0 Å². The zero-order chi connectivity index (χ0) is 19.8. The van der Waals surface area contributed by atoms with E-state index in [1.165, 1.54) is 32.1 Å². The van der Waals surface area contributed by atoms with Gasteiger partial charge in [0.25, 0.3) is 0 Å². The summed E-state index contributed by atoms with van der Waals surface area (Å²) < 4.78 is 5.20. The number of benzene rings is 1. The number of fused-ring (bicyclic) bond motifs is 1. The Hall–Kier alpha value is -2.84. The predicted octanol–water partition coefficient (Wildman–Crippen LogP) is 2.71. The highest BCUT2D eigenvalue weighted by molar-refractivity contribution is 6.10. The van der Waals surface area contributed by atoms with Gasteiger partial charge in [-0.15, -0.1) is 0 Å². The number of nitrogens with two attached hydrogens (primary N) is 2. The fourth-order valence-electron chi connectivity index (χ4n) is 5.06. The first kappa shape index (κ1) is 18.2. The highest BCUT2D eigenvalue weighted by Gasteiger charge is 2.43. The highest BCUT2D eigenvalue weighted by Crippen LogP contribution is 2.42. The van der Waals surface area contributed by atoms with Crippen LogP contribution in [0.1, 0.15) is 57.8 Å². The SMILES string of the molecule is NC1=NC2(CCCCC2)N(c2ccc(N3CCCCCC3)c3nonc23)C(N)=N1. The van der Waals surface area contributed by atoms with Crippen LogP contribution < -0.4 is 21.3 Å². The summed E-state index contributed by atoms with van der Waals surface area (Å²) in [4.78, 5) is 13.4. The number of aliphatic imine (C=N–C) groups is 2. The second kappa shape index (κ2) is 7.20. The summed E-state index contributed by atoms with van der Waals surface area (Å²) >= 11 is 0. The lowest BCUT2D eigenvalue weighted by molar-refractivity contribution is 0.304. The standard InChI is InChI=1S/C20H28N8O/c21-18-23-19(22)28(20(24-18)10-4-3-5-11-20)15-9-8-14(16-17(15)26-29-25-16)27-12-6-1-2-7-13-27/h8-9H,1-7,10-13H2,(H4,21,22,23,24). The molecule has 2 aromatic rings. The minimum absolute atomic E-state index is 0.247. The Morgan fingerprint density at radius 2 is 1.45 bits per heavy atom. The maximum absolute atomic E-state index is 6.39. The minimum Gasteiger partial charge on any atom is -0.370 e. The zero-order valence-corrected chi connectivity index (χ0v) is 16.7. The molecule has 0 bridgehead atoms. The lowest BCUT2D eigenvalue weighted by Crippen LogP contribution is -2.58. The molecule has 4 N–H and O–H groups in total. The molecule has 2 aliphatic heterocycles. The van der Waals surface area contributed by atoms with E-state index in [0.29, 0.717) is 11.5 Å². The largest absolute Gasteiger partial charge is 0.370 e. The summed E-state index contributed by atoms with van der Waals surface area (Å²) in [6.07, 6.45) is 10.0. The van der Waals surface area contributed by atoms with Gasteiger partial charge in [-0.05, 0) is 61.0 Å². The van der Waals surface area contributed by atoms with E-state index in [1.54, 1.807) is 0 Å². The van der Waals surface area contributed by atoms with Crippen molar-refractivity contribution < 1.29 is 4.63 Å². The van der Waals surface area contributed by atoms with Crippen LogP contribution in [-0.2, 0) is 0 Å². The van der Waals surface area contributed by atoms with Crippen LogP contribution in [0.4, 0.5) is 11.4 Å². The van der Waals surface area contributed by atoms with Gasteiger partial charge in [-0.25, -0.2) is 9.62 Å². The first-order valence-electron chi connectivity index (χ1n) is 10.7. The van der Waals surface area contributed by atoms with Crippen molar-refractivity contribution >= 4 is 34.3 Å². The molecule has 3 heterocycles. The molecule has 1 aromatic carbocycles. The lowest BCUT2D eigenvalue weighted by atomic mass is 9.87. The van der Waals surface area contributed by atoms with Gasteiger partial charge >= 0.3 is 0 Å². The third-order valence-electron chi connectivity index (χ3n) is 6.41. The fourth-order valence-corrected chi connectivity index (χ4v) is 5.06. The molecule has 1 saturated carbocycles. The molecule has 154 valence electrons. The molecule has 0 unspecified atom stereocenters. The smallest absolute Gasteiger partial charge is 0.220 e. The van der Waals surface area contributed by atoms with Crippen LogP contribution in [-0.4, -0.2) is 41.0 Å². The Kier molecular flexibility index (Phi) is 4.52.